The molecule has 0 atom stereocenters. The zero-order valence-corrected chi connectivity index (χ0v) is 22.2. The van der Waals surface area contributed by atoms with Crippen molar-refractivity contribution in [2.75, 3.05) is 6.61 Å². The number of carbonyl (C=O) groups is 3. The molecule has 2 rings (SSSR count). The van der Waals surface area contributed by atoms with Crippen LogP contribution in [-0.2, 0) is 9.59 Å². The minimum Gasteiger partial charge on any atom is -0.493 e. The van der Waals surface area contributed by atoms with Crippen LogP contribution >= 0.6 is 0 Å². The van der Waals surface area contributed by atoms with Gasteiger partial charge in [0.2, 0.25) is 0 Å². The number of hydrogen-bond acceptors (Lipinski definition) is 6. The largest absolute Gasteiger partial charge is 0.493 e. The van der Waals surface area contributed by atoms with Crippen LogP contribution in [0.5, 0.6) is 17.2 Å². The third-order valence-corrected chi connectivity index (χ3v) is 5.10. The van der Waals surface area contributed by atoms with Gasteiger partial charge in [-0.1, -0.05) is 0 Å². The number of benzene rings is 2. The first-order chi connectivity index (χ1) is 16.1. The zero-order chi connectivity index (χ0) is 26.6. The van der Waals surface area contributed by atoms with Crippen LogP contribution in [0.2, 0.25) is 0 Å². The van der Waals surface area contributed by atoms with E-state index in [9.17, 15) is 14.4 Å². The van der Waals surface area contributed by atoms with Crippen LogP contribution < -0.4 is 14.2 Å². The van der Waals surface area contributed by atoms with Crippen molar-refractivity contribution in [1.82, 2.24) is 0 Å². The Balaban J connectivity index is 2.39. The highest BCUT2D eigenvalue weighted by molar-refractivity contribution is 6.07. The Morgan fingerprint density at radius 3 is 1.83 bits per heavy atom. The van der Waals surface area contributed by atoms with Crippen LogP contribution in [0.25, 0.3) is 6.08 Å². The minimum absolute atomic E-state index is 0.256. The molecule has 0 saturated carbocycles. The number of allylic oxidation sites excluding steroid dienone is 1. The summed E-state index contributed by atoms with van der Waals surface area (Å²) in [5, 5.41) is 0. The highest BCUT2D eigenvalue weighted by Crippen LogP contribution is 2.38. The second-order valence-electron chi connectivity index (χ2n) is 10.5. The number of ether oxygens (including phenoxy) is 3. The summed E-state index contributed by atoms with van der Waals surface area (Å²) in [6.45, 7) is 16.7. The zero-order valence-electron chi connectivity index (χ0n) is 22.2. The molecule has 0 unspecified atom stereocenters. The van der Waals surface area contributed by atoms with Crippen molar-refractivity contribution in [2.24, 2.45) is 10.8 Å². The summed E-state index contributed by atoms with van der Waals surface area (Å²) in [6, 6.07) is 8.27. The van der Waals surface area contributed by atoms with Gasteiger partial charge in [0.1, 0.15) is 17.2 Å². The van der Waals surface area contributed by atoms with E-state index in [2.05, 4.69) is 0 Å². The number of rotatable bonds is 7. The Hall–Kier alpha value is -3.41. The SMILES string of the molecule is CCOc1c(C)cc(C)c(OC(=O)C(C)(C)C)c1/C=C/C(=O)c1ccc(OC(=O)C(C)(C)C)cc1. The fourth-order valence-corrected chi connectivity index (χ4v) is 3.05. The lowest BCUT2D eigenvalue weighted by Crippen LogP contribution is -2.26. The van der Waals surface area contributed by atoms with Crippen LogP contribution in [0.4, 0.5) is 0 Å². The summed E-state index contributed by atoms with van der Waals surface area (Å²) in [4.78, 5) is 37.6. The summed E-state index contributed by atoms with van der Waals surface area (Å²) in [7, 11) is 0. The van der Waals surface area contributed by atoms with Gasteiger partial charge >= 0.3 is 11.9 Å². The second-order valence-corrected chi connectivity index (χ2v) is 10.5. The standard InChI is InChI=1S/C29H36O6/c1-10-33-24-18(2)17-19(3)25(35-27(32)29(7,8)9)22(24)15-16-23(30)20-11-13-21(14-12-20)34-26(31)28(4,5)6/h11-17H,10H2,1-9H3/b16-15+. The van der Waals surface area contributed by atoms with Crippen LogP contribution in [0.15, 0.2) is 36.4 Å². The van der Waals surface area contributed by atoms with Crippen molar-refractivity contribution in [3.8, 4) is 17.2 Å². The van der Waals surface area contributed by atoms with E-state index in [0.29, 0.717) is 35.0 Å². The Bertz CT molecular complexity index is 1130. The highest BCUT2D eigenvalue weighted by atomic mass is 16.5. The monoisotopic (exact) mass is 480 g/mol. The maximum Gasteiger partial charge on any atom is 0.316 e. The molecule has 0 bridgehead atoms. The fraction of sp³-hybridized carbons (Fsp3) is 0.414. The molecule has 0 aliphatic rings. The third kappa shape index (κ3) is 7.28. The predicted octanol–water partition coefficient (Wildman–Crippen LogP) is 6.50. The molecule has 0 aromatic heterocycles. The van der Waals surface area contributed by atoms with Gasteiger partial charge in [-0.2, -0.15) is 0 Å². The lowest BCUT2D eigenvalue weighted by atomic mass is 9.97. The van der Waals surface area contributed by atoms with Crippen LogP contribution in [0, 0.1) is 24.7 Å². The Morgan fingerprint density at radius 2 is 1.31 bits per heavy atom. The van der Waals surface area contributed by atoms with Gasteiger partial charge in [-0.05, 0) is 116 Å². The summed E-state index contributed by atoms with van der Waals surface area (Å²) in [5.74, 6) is 0.305. The van der Waals surface area contributed by atoms with Gasteiger partial charge in [-0.15, -0.1) is 0 Å². The lowest BCUT2D eigenvalue weighted by Gasteiger charge is -2.21. The van der Waals surface area contributed by atoms with Crippen molar-refractivity contribution in [2.45, 2.75) is 62.3 Å². The number of carbonyl (C=O) groups excluding carboxylic acids is 3. The average molecular weight is 481 g/mol. The first kappa shape index (κ1) is 27.8. The van der Waals surface area contributed by atoms with E-state index >= 15 is 0 Å². The number of hydrogen-bond donors (Lipinski definition) is 0. The molecule has 0 fully saturated rings. The molecule has 35 heavy (non-hydrogen) atoms. The molecule has 6 nitrogen and oxygen atoms in total. The first-order valence-electron chi connectivity index (χ1n) is 11.7. The highest BCUT2D eigenvalue weighted by Gasteiger charge is 2.27. The second kappa shape index (κ2) is 10.9. The van der Waals surface area contributed by atoms with Crippen LogP contribution in [0.3, 0.4) is 0 Å². The van der Waals surface area contributed by atoms with Gasteiger partial charge in [0.25, 0.3) is 0 Å². The van der Waals surface area contributed by atoms with Gasteiger partial charge in [-0.3, -0.25) is 14.4 Å². The summed E-state index contributed by atoms with van der Waals surface area (Å²) < 4.78 is 17.0. The van der Waals surface area contributed by atoms with E-state index in [1.807, 2.05) is 26.8 Å². The van der Waals surface area contributed by atoms with Crippen molar-refractivity contribution >= 4 is 23.8 Å². The smallest absolute Gasteiger partial charge is 0.316 e. The number of aryl methyl sites for hydroxylation is 2. The van der Waals surface area contributed by atoms with E-state index in [-0.39, 0.29) is 17.7 Å². The van der Waals surface area contributed by atoms with Crippen LogP contribution in [0.1, 0.15) is 75.5 Å². The normalized spacial score (nSPS) is 11.9. The van der Waals surface area contributed by atoms with Gasteiger partial charge < -0.3 is 14.2 Å². The van der Waals surface area contributed by atoms with Crippen LogP contribution in [-0.4, -0.2) is 24.3 Å². The Labute approximate surface area is 208 Å². The summed E-state index contributed by atoms with van der Waals surface area (Å²) >= 11 is 0. The predicted molar refractivity (Wildman–Crippen MR) is 137 cm³/mol. The molecule has 0 N–H and O–H groups in total. The minimum atomic E-state index is -0.696. The number of ketones is 1. The average Bonchev–Trinajstić information content (AvgIpc) is 2.75. The van der Waals surface area contributed by atoms with E-state index in [0.717, 1.165) is 11.1 Å². The first-order valence-corrected chi connectivity index (χ1v) is 11.7. The molecule has 0 amide bonds. The van der Waals surface area contributed by atoms with Crippen molar-refractivity contribution < 1.29 is 28.6 Å². The molecule has 0 saturated heterocycles. The summed E-state index contributed by atoms with van der Waals surface area (Å²) in [5.41, 5.74) is 1.27. The van der Waals surface area contributed by atoms with E-state index in [4.69, 9.17) is 14.2 Å². The number of esters is 2. The molecule has 0 aliphatic heterocycles. The molecule has 188 valence electrons. The van der Waals surface area contributed by atoms with Gasteiger partial charge in [0, 0.05) is 5.56 Å². The Morgan fingerprint density at radius 1 is 0.800 bits per heavy atom. The van der Waals surface area contributed by atoms with E-state index in [1.165, 1.54) is 6.08 Å². The molecule has 2 aromatic rings. The molecular weight excluding hydrogens is 444 g/mol. The van der Waals surface area contributed by atoms with E-state index < -0.39 is 10.8 Å². The third-order valence-electron chi connectivity index (χ3n) is 5.10. The van der Waals surface area contributed by atoms with Crippen molar-refractivity contribution in [3.05, 3.63) is 58.7 Å². The van der Waals surface area contributed by atoms with Crippen molar-refractivity contribution in [1.29, 1.82) is 0 Å². The fourth-order valence-electron chi connectivity index (χ4n) is 3.05. The Kier molecular flexibility index (Phi) is 8.66. The van der Waals surface area contributed by atoms with Gasteiger partial charge in [0.05, 0.1) is 23.0 Å². The maximum absolute atomic E-state index is 12.9. The molecule has 0 aliphatic carbocycles. The molecule has 0 spiro atoms. The lowest BCUT2D eigenvalue weighted by molar-refractivity contribution is -0.143. The molecule has 2 aromatic carbocycles. The van der Waals surface area contributed by atoms with Gasteiger partial charge in [-0.25, -0.2) is 0 Å². The summed E-state index contributed by atoms with van der Waals surface area (Å²) in [6.07, 6.45) is 3.04. The molecular formula is C29H36O6. The quantitative estimate of drug-likeness (QED) is 0.195. The molecule has 0 radical (unpaired) electrons. The van der Waals surface area contributed by atoms with Gasteiger partial charge in [0.15, 0.2) is 5.78 Å². The maximum atomic E-state index is 12.9. The van der Waals surface area contributed by atoms with E-state index in [1.54, 1.807) is 71.9 Å². The molecule has 6 heteroatoms. The molecule has 0 heterocycles. The topological polar surface area (TPSA) is 78.9 Å². The van der Waals surface area contributed by atoms with Crippen molar-refractivity contribution in [3.63, 3.8) is 0 Å².